The Morgan fingerprint density at radius 3 is 2.24 bits per heavy atom. The summed E-state index contributed by atoms with van der Waals surface area (Å²) in [5.74, 6) is 0.950. The zero-order chi connectivity index (χ0) is 17.9. The van der Waals surface area contributed by atoms with Gasteiger partial charge in [-0.05, 0) is 57.5 Å². The molecule has 5 nitrogen and oxygen atoms in total. The maximum absolute atomic E-state index is 11.4. The summed E-state index contributed by atoms with van der Waals surface area (Å²) in [6, 6.07) is 0.689. The number of nitrogens with zero attached hydrogens (tertiary/aromatic N) is 3. The first-order valence-corrected chi connectivity index (χ1v) is 10.5. The first-order valence-electron chi connectivity index (χ1n) is 10.5. The molecule has 3 rings (SSSR count). The highest BCUT2D eigenvalue weighted by Gasteiger charge is 2.54. The Bertz CT molecular complexity index is 443. The summed E-state index contributed by atoms with van der Waals surface area (Å²) in [5, 5.41) is 3.09. The van der Waals surface area contributed by atoms with E-state index in [4.69, 9.17) is 0 Å². The van der Waals surface area contributed by atoms with Crippen molar-refractivity contribution in [3.8, 4) is 0 Å². The van der Waals surface area contributed by atoms with E-state index >= 15 is 0 Å². The average Bonchev–Trinajstić information content (AvgIpc) is 3.31. The summed E-state index contributed by atoms with van der Waals surface area (Å²) < 4.78 is 0. The highest BCUT2D eigenvalue weighted by molar-refractivity contribution is 5.75. The zero-order valence-corrected chi connectivity index (χ0v) is 16.6. The first-order chi connectivity index (χ1) is 12.0. The molecule has 1 unspecified atom stereocenters. The van der Waals surface area contributed by atoms with Gasteiger partial charge in [-0.15, -0.1) is 0 Å². The van der Waals surface area contributed by atoms with Crippen LogP contribution in [0.3, 0.4) is 0 Å². The van der Waals surface area contributed by atoms with Gasteiger partial charge in [0.15, 0.2) is 0 Å². The SMILES string of the molecule is CCC(=O)NCC1CC12CCN(CCN1CCN(C(C)C)CC1)CC2.[HH]. The molecule has 1 amide bonds. The molecule has 146 valence electrons. The number of piperazine rings is 1. The molecule has 2 aliphatic heterocycles. The maximum atomic E-state index is 11.4. The van der Waals surface area contributed by atoms with Crippen LogP contribution in [0.4, 0.5) is 0 Å². The molecule has 5 heteroatoms. The maximum Gasteiger partial charge on any atom is 0.219 e. The fraction of sp³-hybridized carbons (Fsp3) is 0.950. The Morgan fingerprint density at radius 2 is 1.68 bits per heavy atom. The second-order valence-corrected chi connectivity index (χ2v) is 8.73. The lowest BCUT2D eigenvalue weighted by Gasteiger charge is -2.39. The second-order valence-electron chi connectivity index (χ2n) is 8.73. The van der Waals surface area contributed by atoms with Crippen molar-refractivity contribution < 1.29 is 6.22 Å². The summed E-state index contributed by atoms with van der Waals surface area (Å²) in [5.41, 5.74) is 0.570. The molecular formula is C20H40N4O. The molecule has 2 saturated heterocycles. The summed E-state index contributed by atoms with van der Waals surface area (Å²) >= 11 is 0. The van der Waals surface area contributed by atoms with Crippen molar-refractivity contribution in [2.24, 2.45) is 11.3 Å². The van der Waals surface area contributed by atoms with Crippen LogP contribution in [-0.2, 0) is 4.79 Å². The minimum absolute atomic E-state index is 0. The van der Waals surface area contributed by atoms with Gasteiger partial charge in [-0.25, -0.2) is 0 Å². The Morgan fingerprint density at radius 1 is 1.08 bits per heavy atom. The molecule has 1 atom stereocenters. The van der Waals surface area contributed by atoms with Crippen LogP contribution in [-0.4, -0.2) is 85.6 Å². The number of carbonyl (C=O) groups is 1. The van der Waals surface area contributed by atoms with Gasteiger partial charge in [0.25, 0.3) is 0 Å². The van der Waals surface area contributed by atoms with Crippen LogP contribution >= 0.6 is 0 Å². The standard InChI is InChI=1S/C20H38N4O.H2/c1-4-19(25)21-16-18-15-20(18)5-7-22(8-6-20)9-10-23-11-13-24(14-12-23)17(2)3;/h17-18H,4-16H2,1-3H3,(H,21,25);1H. The quantitative estimate of drug-likeness (QED) is 0.759. The second kappa shape index (κ2) is 8.36. The molecule has 3 aliphatic rings. The molecule has 1 saturated carbocycles. The molecule has 25 heavy (non-hydrogen) atoms. The molecule has 3 fully saturated rings. The van der Waals surface area contributed by atoms with Crippen molar-refractivity contribution in [3.05, 3.63) is 0 Å². The van der Waals surface area contributed by atoms with E-state index in [0.29, 0.717) is 17.9 Å². The number of likely N-dealkylation sites (tertiary alicyclic amines) is 1. The van der Waals surface area contributed by atoms with E-state index < -0.39 is 0 Å². The van der Waals surface area contributed by atoms with Gasteiger partial charge in [0, 0.05) is 59.7 Å². The fourth-order valence-electron chi connectivity index (χ4n) is 4.70. The predicted molar refractivity (Wildman–Crippen MR) is 105 cm³/mol. The molecule has 2 heterocycles. The van der Waals surface area contributed by atoms with E-state index in [-0.39, 0.29) is 7.33 Å². The Balaban J connectivity index is 0.00000243. The lowest BCUT2D eigenvalue weighted by Crippen LogP contribution is -2.50. The van der Waals surface area contributed by atoms with Crippen molar-refractivity contribution >= 4 is 5.91 Å². The normalized spacial score (nSPS) is 27.8. The van der Waals surface area contributed by atoms with Gasteiger partial charge in [0.2, 0.25) is 5.91 Å². The summed E-state index contributed by atoms with van der Waals surface area (Å²) in [6.45, 7) is 17.3. The smallest absolute Gasteiger partial charge is 0.219 e. The molecule has 0 aromatic carbocycles. The molecule has 0 radical (unpaired) electrons. The van der Waals surface area contributed by atoms with E-state index in [1.165, 1.54) is 71.6 Å². The van der Waals surface area contributed by atoms with Gasteiger partial charge in [0.1, 0.15) is 0 Å². The van der Waals surface area contributed by atoms with Crippen LogP contribution < -0.4 is 5.32 Å². The van der Waals surface area contributed by atoms with Gasteiger partial charge in [-0.1, -0.05) is 6.92 Å². The lowest BCUT2D eigenvalue weighted by atomic mass is 9.91. The third-order valence-corrected chi connectivity index (χ3v) is 6.95. The summed E-state index contributed by atoms with van der Waals surface area (Å²) in [6.07, 6.45) is 4.61. The molecule has 0 aromatic heterocycles. The molecule has 1 spiro atoms. The van der Waals surface area contributed by atoms with E-state index in [1.807, 2.05) is 6.92 Å². The zero-order valence-electron chi connectivity index (χ0n) is 16.6. The topological polar surface area (TPSA) is 38.8 Å². The van der Waals surface area contributed by atoms with E-state index in [1.54, 1.807) is 0 Å². The number of carbonyl (C=O) groups excluding carboxylic acids is 1. The third kappa shape index (κ3) is 4.95. The number of rotatable bonds is 7. The van der Waals surface area contributed by atoms with Crippen LogP contribution in [0.1, 0.15) is 47.9 Å². The van der Waals surface area contributed by atoms with Crippen molar-refractivity contribution in [2.75, 3.05) is 58.9 Å². The molecular weight excluding hydrogens is 312 g/mol. The molecule has 0 aromatic rings. The van der Waals surface area contributed by atoms with Gasteiger partial charge in [-0.2, -0.15) is 0 Å². The number of hydrogen-bond donors (Lipinski definition) is 1. The first kappa shape index (κ1) is 19.1. The largest absolute Gasteiger partial charge is 0.356 e. The van der Waals surface area contributed by atoms with E-state index in [0.717, 1.165) is 12.5 Å². The highest BCUT2D eigenvalue weighted by Crippen LogP contribution is 2.58. The fourth-order valence-corrected chi connectivity index (χ4v) is 4.70. The molecule has 1 aliphatic carbocycles. The molecule has 0 bridgehead atoms. The minimum Gasteiger partial charge on any atom is -0.356 e. The van der Waals surface area contributed by atoms with Crippen LogP contribution in [0.5, 0.6) is 0 Å². The Hall–Kier alpha value is -0.650. The monoisotopic (exact) mass is 352 g/mol. The Kier molecular flexibility index (Phi) is 6.39. The van der Waals surface area contributed by atoms with E-state index in [2.05, 4.69) is 33.9 Å². The number of hydrogen-bond acceptors (Lipinski definition) is 4. The summed E-state index contributed by atoms with van der Waals surface area (Å²) in [4.78, 5) is 19.3. The van der Waals surface area contributed by atoms with Crippen molar-refractivity contribution in [3.63, 3.8) is 0 Å². The van der Waals surface area contributed by atoms with Gasteiger partial charge in [-0.3, -0.25) is 14.6 Å². The van der Waals surface area contributed by atoms with Crippen molar-refractivity contribution in [1.82, 2.24) is 20.0 Å². The number of nitrogens with one attached hydrogen (secondary N) is 1. The summed E-state index contributed by atoms with van der Waals surface area (Å²) in [7, 11) is 0. The van der Waals surface area contributed by atoms with Gasteiger partial charge in [0.05, 0.1) is 0 Å². The van der Waals surface area contributed by atoms with Gasteiger partial charge >= 0.3 is 0 Å². The van der Waals surface area contributed by atoms with Crippen molar-refractivity contribution in [1.29, 1.82) is 0 Å². The van der Waals surface area contributed by atoms with Crippen LogP contribution in [0.15, 0.2) is 0 Å². The van der Waals surface area contributed by atoms with Crippen LogP contribution in [0.2, 0.25) is 0 Å². The predicted octanol–water partition coefficient (Wildman–Crippen LogP) is 1.89. The average molecular weight is 353 g/mol. The minimum atomic E-state index is 0. The van der Waals surface area contributed by atoms with Crippen LogP contribution in [0.25, 0.3) is 0 Å². The number of amides is 1. The molecule has 1 N–H and O–H groups in total. The lowest BCUT2D eigenvalue weighted by molar-refractivity contribution is -0.120. The Labute approximate surface area is 155 Å². The van der Waals surface area contributed by atoms with Crippen molar-refractivity contribution in [2.45, 2.75) is 52.5 Å². The number of piperidine rings is 1. The third-order valence-electron chi connectivity index (χ3n) is 6.95. The van der Waals surface area contributed by atoms with Gasteiger partial charge < -0.3 is 10.2 Å². The highest BCUT2D eigenvalue weighted by atomic mass is 16.1. The van der Waals surface area contributed by atoms with Crippen LogP contribution in [0, 0.1) is 11.3 Å². The van der Waals surface area contributed by atoms with E-state index in [9.17, 15) is 4.79 Å².